The summed E-state index contributed by atoms with van der Waals surface area (Å²) in [6.07, 6.45) is 4.08. The van der Waals surface area contributed by atoms with Crippen LogP contribution in [0.1, 0.15) is 59.8 Å². The summed E-state index contributed by atoms with van der Waals surface area (Å²) in [5.41, 5.74) is -0.491. The predicted molar refractivity (Wildman–Crippen MR) is 72.0 cm³/mol. The van der Waals surface area contributed by atoms with E-state index < -0.39 is 5.60 Å². The predicted octanol–water partition coefficient (Wildman–Crippen LogP) is 3.84. The first-order chi connectivity index (χ1) is 7.76. The number of rotatable bonds is 7. The Bertz CT molecular complexity index is 256. The third-order valence-corrected chi connectivity index (χ3v) is 2.63. The van der Waals surface area contributed by atoms with Gasteiger partial charge < -0.3 is 4.74 Å². The molecule has 0 aromatic carbocycles. The Balaban J connectivity index is 4.34. The van der Waals surface area contributed by atoms with E-state index in [2.05, 4.69) is 22.9 Å². The van der Waals surface area contributed by atoms with Gasteiger partial charge in [0.15, 0.2) is 4.69 Å². The van der Waals surface area contributed by atoms with Crippen LogP contribution in [0.15, 0.2) is 0 Å². The SMILES string of the molecule is CCCCC[C@@H](CC(=O)Br)C(=O)OC(C)(C)C. The Morgan fingerprint density at radius 1 is 1.24 bits per heavy atom. The van der Waals surface area contributed by atoms with Crippen LogP contribution in [-0.2, 0) is 14.3 Å². The molecule has 0 radical (unpaired) electrons. The molecule has 100 valence electrons. The lowest BCUT2D eigenvalue weighted by Gasteiger charge is -2.23. The lowest BCUT2D eigenvalue weighted by molar-refractivity contribution is -0.161. The molecule has 0 saturated carbocycles. The van der Waals surface area contributed by atoms with Crippen molar-refractivity contribution in [2.45, 2.75) is 65.4 Å². The van der Waals surface area contributed by atoms with Crippen LogP contribution >= 0.6 is 15.9 Å². The second kappa shape index (κ2) is 7.85. The van der Waals surface area contributed by atoms with Gasteiger partial charge in [-0.05, 0) is 43.1 Å². The van der Waals surface area contributed by atoms with Gasteiger partial charge in [0.2, 0.25) is 0 Å². The highest BCUT2D eigenvalue weighted by Crippen LogP contribution is 2.20. The van der Waals surface area contributed by atoms with Crippen LogP contribution in [0.3, 0.4) is 0 Å². The Morgan fingerprint density at radius 2 is 1.82 bits per heavy atom. The van der Waals surface area contributed by atoms with Gasteiger partial charge in [-0.25, -0.2) is 0 Å². The van der Waals surface area contributed by atoms with E-state index in [-0.39, 0.29) is 23.0 Å². The summed E-state index contributed by atoms with van der Waals surface area (Å²) >= 11 is 2.89. The van der Waals surface area contributed by atoms with Crippen LogP contribution in [0.2, 0.25) is 0 Å². The monoisotopic (exact) mass is 306 g/mol. The van der Waals surface area contributed by atoms with Gasteiger partial charge in [0.05, 0.1) is 5.92 Å². The fraction of sp³-hybridized carbons (Fsp3) is 0.846. The summed E-state index contributed by atoms with van der Waals surface area (Å²) < 4.78 is 5.19. The minimum Gasteiger partial charge on any atom is -0.460 e. The van der Waals surface area contributed by atoms with Crippen molar-refractivity contribution in [2.75, 3.05) is 0 Å². The first-order valence-electron chi connectivity index (χ1n) is 6.17. The number of carbonyl (C=O) groups excluding carboxylic acids is 2. The molecule has 0 aromatic rings. The lowest BCUT2D eigenvalue weighted by atomic mass is 9.98. The summed E-state index contributed by atoms with van der Waals surface area (Å²) in [6, 6.07) is 0. The highest BCUT2D eigenvalue weighted by molar-refractivity contribution is 9.18. The second-order valence-corrected chi connectivity index (χ2v) is 6.17. The molecule has 0 fully saturated rings. The molecule has 17 heavy (non-hydrogen) atoms. The fourth-order valence-electron chi connectivity index (χ4n) is 1.52. The summed E-state index contributed by atoms with van der Waals surface area (Å²) in [5.74, 6) is -0.575. The molecule has 0 aliphatic heterocycles. The quantitative estimate of drug-likeness (QED) is 0.408. The van der Waals surface area contributed by atoms with E-state index in [0.717, 1.165) is 25.7 Å². The van der Waals surface area contributed by atoms with Crippen molar-refractivity contribution in [2.24, 2.45) is 5.92 Å². The molecule has 0 amide bonds. The van der Waals surface area contributed by atoms with Gasteiger partial charge in [-0.15, -0.1) is 0 Å². The van der Waals surface area contributed by atoms with Crippen LogP contribution in [0.25, 0.3) is 0 Å². The summed E-state index contributed by atoms with van der Waals surface area (Å²) in [5, 5.41) is 0. The molecule has 0 spiro atoms. The number of unbranched alkanes of at least 4 members (excludes halogenated alkanes) is 2. The van der Waals surface area contributed by atoms with Gasteiger partial charge in [-0.2, -0.15) is 0 Å². The minimum atomic E-state index is -0.491. The molecular formula is C13H23BrO3. The molecule has 0 aromatic heterocycles. The molecule has 0 aliphatic rings. The number of hydrogen-bond donors (Lipinski definition) is 0. The average Bonchev–Trinajstić information content (AvgIpc) is 2.13. The molecule has 0 N–H and O–H groups in total. The van der Waals surface area contributed by atoms with E-state index in [4.69, 9.17) is 4.74 Å². The second-order valence-electron chi connectivity index (χ2n) is 5.29. The van der Waals surface area contributed by atoms with Gasteiger partial charge in [0.25, 0.3) is 0 Å². The maximum Gasteiger partial charge on any atom is 0.309 e. The highest BCUT2D eigenvalue weighted by atomic mass is 79.9. The molecule has 3 nitrogen and oxygen atoms in total. The third kappa shape index (κ3) is 9.33. The Kier molecular flexibility index (Phi) is 7.68. The van der Waals surface area contributed by atoms with Crippen LogP contribution in [0, 0.1) is 5.92 Å². The highest BCUT2D eigenvalue weighted by Gasteiger charge is 2.26. The first-order valence-corrected chi connectivity index (χ1v) is 6.96. The molecule has 0 rings (SSSR count). The zero-order valence-electron chi connectivity index (χ0n) is 11.2. The number of halogens is 1. The average molecular weight is 307 g/mol. The van der Waals surface area contributed by atoms with E-state index >= 15 is 0 Å². The molecule has 0 unspecified atom stereocenters. The van der Waals surface area contributed by atoms with Crippen molar-refractivity contribution in [1.82, 2.24) is 0 Å². The standard InChI is InChI=1S/C13H23BrO3/c1-5-6-7-8-10(9-11(14)15)12(16)17-13(2,3)4/h10H,5-9H2,1-4H3/t10-/m0/s1. The Labute approximate surface area is 112 Å². The molecule has 0 saturated heterocycles. The topological polar surface area (TPSA) is 43.4 Å². The number of ether oxygens (including phenoxy) is 1. The Hall–Kier alpha value is -0.380. The molecular weight excluding hydrogens is 284 g/mol. The minimum absolute atomic E-state index is 0.134. The maximum absolute atomic E-state index is 11.9. The number of esters is 1. The molecule has 0 bridgehead atoms. The smallest absolute Gasteiger partial charge is 0.309 e. The number of carbonyl (C=O) groups is 2. The lowest BCUT2D eigenvalue weighted by Crippen LogP contribution is -2.29. The van der Waals surface area contributed by atoms with Gasteiger partial charge in [-0.3, -0.25) is 9.59 Å². The van der Waals surface area contributed by atoms with Gasteiger partial charge >= 0.3 is 5.97 Å². The zero-order chi connectivity index (χ0) is 13.5. The molecule has 0 aliphatic carbocycles. The van der Waals surface area contributed by atoms with E-state index in [9.17, 15) is 9.59 Å². The van der Waals surface area contributed by atoms with Crippen molar-refractivity contribution in [1.29, 1.82) is 0 Å². The zero-order valence-corrected chi connectivity index (χ0v) is 12.8. The van der Waals surface area contributed by atoms with Crippen molar-refractivity contribution in [3.8, 4) is 0 Å². The van der Waals surface area contributed by atoms with Gasteiger partial charge in [0, 0.05) is 6.42 Å². The fourth-order valence-corrected chi connectivity index (χ4v) is 1.91. The van der Waals surface area contributed by atoms with Crippen molar-refractivity contribution in [3.05, 3.63) is 0 Å². The van der Waals surface area contributed by atoms with Crippen LogP contribution < -0.4 is 0 Å². The van der Waals surface area contributed by atoms with Crippen molar-refractivity contribution in [3.63, 3.8) is 0 Å². The van der Waals surface area contributed by atoms with Gasteiger partial charge in [0.1, 0.15) is 5.60 Å². The van der Waals surface area contributed by atoms with E-state index in [0.29, 0.717) is 0 Å². The Morgan fingerprint density at radius 3 is 2.24 bits per heavy atom. The first kappa shape index (κ1) is 16.6. The van der Waals surface area contributed by atoms with Crippen LogP contribution in [-0.4, -0.2) is 16.3 Å². The largest absolute Gasteiger partial charge is 0.460 e. The van der Waals surface area contributed by atoms with E-state index in [1.54, 1.807) is 0 Å². The normalized spacial score (nSPS) is 13.2. The van der Waals surface area contributed by atoms with E-state index in [1.807, 2.05) is 20.8 Å². The molecule has 0 heterocycles. The van der Waals surface area contributed by atoms with Gasteiger partial charge in [-0.1, -0.05) is 26.2 Å². The molecule has 4 heteroatoms. The summed E-state index contributed by atoms with van der Waals surface area (Å²) in [4.78, 5) is 23.0. The van der Waals surface area contributed by atoms with Crippen molar-refractivity contribution >= 4 is 26.6 Å². The van der Waals surface area contributed by atoms with Crippen LogP contribution in [0.5, 0.6) is 0 Å². The summed E-state index contributed by atoms with van der Waals surface area (Å²) in [6.45, 7) is 7.62. The molecule has 1 atom stereocenters. The third-order valence-electron chi connectivity index (χ3n) is 2.30. The number of hydrogen-bond acceptors (Lipinski definition) is 3. The maximum atomic E-state index is 11.9. The summed E-state index contributed by atoms with van der Waals surface area (Å²) in [7, 11) is 0. The van der Waals surface area contributed by atoms with Crippen LogP contribution in [0.4, 0.5) is 0 Å². The van der Waals surface area contributed by atoms with E-state index in [1.165, 1.54) is 0 Å². The van der Waals surface area contributed by atoms with Crippen molar-refractivity contribution < 1.29 is 14.3 Å².